The summed E-state index contributed by atoms with van der Waals surface area (Å²) in [5, 5.41) is 10.2. The first kappa shape index (κ1) is 7.27. The maximum absolute atomic E-state index is 9.83. The molecule has 0 saturated carbocycles. The van der Waals surface area contributed by atoms with E-state index in [0.29, 0.717) is 11.5 Å². The topological polar surface area (TPSA) is 47.6 Å². The zero-order valence-corrected chi connectivity index (χ0v) is 5.20. The monoisotopic (exact) mass is 123 g/mol. The van der Waals surface area contributed by atoms with Gasteiger partial charge in [-0.05, 0) is 0 Å². The SMILES string of the molecule is CN([O-])ONCP. The molecule has 0 aliphatic heterocycles. The minimum Gasteiger partial charge on any atom is -0.761 e. The summed E-state index contributed by atoms with van der Waals surface area (Å²) in [4.78, 5) is 4.20. The van der Waals surface area contributed by atoms with Crippen molar-refractivity contribution < 1.29 is 4.94 Å². The number of rotatable bonds is 3. The van der Waals surface area contributed by atoms with Crippen molar-refractivity contribution in [3.8, 4) is 0 Å². The predicted octanol–water partition coefficient (Wildman–Crippen LogP) is -0.315. The third-order valence-corrected chi connectivity index (χ3v) is 0.443. The summed E-state index contributed by atoms with van der Waals surface area (Å²) in [5.74, 6) is 0. The van der Waals surface area contributed by atoms with Gasteiger partial charge in [-0.25, -0.2) is 10.2 Å². The standard InChI is InChI=1S/C2H8N2O2P/c1-4(5)6-3-2-7/h3H,2,7H2,1H3/q-1. The van der Waals surface area contributed by atoms with Crippen LogP contribution in [0.3, 0.4) is 0 Å². The summed E-state index contributed by atoms with van der Waals surface area (Å²) < 4.78 is 0. The van der Waals surface area contributed by atoms with Crippen LogP contribution in [0.25, 0.3) is 0 Å². The Labute approximate surface area is 44.5 Å². The van der Waals surface area contributed by atoms with Crippen LogP contribution in [0.1, 0.15) is 0 Å². The Morgan fingerprint density at radius 1 is 2.00 bits per heavy atom. The molecule has 1 N–H and O–H groups in total. The Morgan fingerprint density at radius 2 is 2.57 bits per heavy atom. The van der Waals surface area contributed by atoms with Gasteiger partial charge in [-0.3, -0.25) is 0 Å². The molecule has 0 spiro atoms. The van der Waals surface area contributed by atoms with Gasteiger partial charge in [0.25, 0.3) is 0 Å². The van der Waals surface area contributed by atoms with Crippen LogP contribution in [-0.2, 0) is 4.94 Å². The van der Waals surface area contributed by atoms with Crippen LogP contribution in [0.5, 0.6) is 0 Å². The second-order valence-corrected chi connectivity index (χ2v) is 1.29. The van der Waals surface area contributed by atoms with Gasteiger partial charge in [0.05, 0.1) is 0 Å². The fourth-order valence-electron chi connectivity index (χ4n) is 0.128. The van der Waals surface area contributed by atoms with Gasteiger partial charge >= 0.3 is 0 Å². The second-order valence-electron chi connectivity index (χ2n) is 0.879. The minimum atomic E-state index is 0.337. The smallest absolute Gasteiger partial charge is 0.0370 e. The first-order chi connectivity index (χ1) is 3.27. The Hall–Kier alpha value is 0.270. The maximum Gasteiger partial charge on any atom is 0.0370 e. The highest BCUT2D eigenvalue weighted by Gasteiger charge is 1.74. The molecular weight excluding hydrogens is 115 g/mol. The van der Waals surface area contributed by atoms with Gasteiger partial charge < -0.3 is 5.21 Å². The van der Waals surface area contributed by atoms with E-state index in [9.17, 15) is 5.21 Å². The van der Waals surface area contributed by atoms with E-state index in [1.807, 2.05) is 0 Å². The Bertz CT molecular complexity index is 42.7. The molecule has 0 aromatic carbocycles. The number of nitrogens with zero attached hydrogens (tertiary/aromatic N) is 1. The molecule has 0 radical (unpaired) electrons. The zero-order valence-electron chi connectivity index (χ0n) is 4.05. The highest BCUT2D eigenvalue weighted by Crippen LogP contribution is 1.76. The van der Waals surface area contributed by atoms with Crippen LogP contribution in [0.15, 0.2) is 0 Å². The first-order valence-corrected chi connectivity index (χ1v) is 2.59. The van der Waals surface area contributed by atoms with Crippen LogP contribution in [0, 0.1) is 5.21 Å². The molecule has 4 nitrogen and oxygen atoms in total. The van der Waals surface area contributed by atoms with E-state index in [1.165, 1.54) is 7.05 Å². The summed E-state index contributed by atoms with van der Waals surface area (Å²) in [6, 6.07) is 0. The lowest BCUT2D eigenvalue weighted by molar-refractivity contribution is -0.154. The van der Waals surface area contributed by atoms with Crippen LogP contribution in [0.2, 0.25) is 0 Å². The molecule has 1 unspecified atom stereocenters. The highest BCUT2D eigenvalue weighted by atomic mass is 31.0. The molecule has 0 aromatic heterocycles. The molecule has 44 valence electrons. The van der Waals surface area contributed by atoms with Crippen molar-refractivity contribution in [1.82, 2.24) is 10.7 Å². The van der Waals surface area contributed by atoms with Gasteiger partial charge in [-0.1, -0.05) is 0 Å². The predicted molar refractivity (Wildman–Crippen MR) is 29.9 cm³/mol. The fourth-order valence-corrected chi connectivity index (χ4v) is 0.203. The molecule has 7 heavy (non-hydrogen) atoms. The van der Waals surface area contributed by atoms with E-state index in [1.54, 1.807) is 0 Å². The van der Waals surface area contributed by atoms with E-state index >= 15 is 0 Å². The number of hydrogen-bond donors (Lipinski definition) is 1. The summed E-state index contributed by atoms with van der Waals surface area (Å²) in [5.41, 5.74) is 2.32. The quantitative estimate of drug-likeness (QED) is 0.413. The van der Waals surface area contributed by atoms with Crippen molar-refractivity contribution >= 4 is 9.24 Å². The van der Waals surface area contributed by atoms with Gasteiger partial charge in [-0.2, -0.15) is 5.48 Å². The fraction of sp³-hybridized carbons (Fsp3) is 1.00. The van der Waals surface area contributed by atoms with E-state index in [0.717, 1.165) is 0 Å². The van der Waals surface area contributed by atoms with Gasteiger partial charge in [0.2, 0.25) is 0 Å². The molecule has 0 aliphatic carbocycles. The first-order valence-electron chi connectivity index (χ1n) is 1.78. The van der Waals surface area contributed by atoms with E-state index in [4.69, 9.17) is 0 Å². The highest BCUT2D eigenvalue weighted by molar-refractivity contribution is 7.16. The van der Waals surface area contributed by atoms with E-state index in [-0.39, 0.29) is 0 Å². The molecule has 0 saturated heterocycles. The molecule has 0 fully saturated rings. The lowest BCUT2D eigenvalue weighted by Crippen LogP contribution is -2.21. The van der Waals surface area contributed by atoms with Gasteiger partial charge in [0.1, 0.15) is 0 Å². The molecule has 0 aromatic rings. The Morgan fingerprint density at radius 3 is 2.71 bits per heavy atom. The number of hydrogen-bond acceptors (Lipinski definition) is 4. The normalized spacial score (nSPS) is 10.3. The van der Waals surface area contributed by atoms with Crippen molar-refractivity contribution in [3.05, 3.63) is 5.21 Å². The largest absolute Gasteiger partial charge is 0.761 e. The van der Waals surface area contributed by atoms with Gasteiger partial charge in [-0.15, -0.1) is 9.24 Å². The minimum absolute atomic E-state index is 0.337. The van der Waals surface area contributed by atoms with E-state index in [2.05, 4.69) is 19.7 Å². The molecule has 0 aliphatic rings. The second kappa shape index (κ2) is 4.43. The summed E-state index contributed by atoms with van der Waals surface area (Å²) in [6.07, 6.45) is 0.548. The molecule has 0 amide bonds. The van der Waals surface area contributed by atoms with Crippen LogP contribution in [-0.4, -0.2) is 18.6 Å². The zero-order chi connectivity index (χ0) is 5.70. The van der Waals surface area contributed by atoms with Crippen molar-refractivity contribution in [3.63, 3.8) is 0 Å². The lowest BCUT2D eigenvalue weighted by Gasteiger charge is -2.19. The van der Waals surface area contributed by atoms with Crippen LogP contribution in [0.4, 0.5) is 0 Å². The Kier molecular flexibility index (Phi) is 4.60. The number of nitrogens with one attached hydrogen (secondary N) is 1. The average molecular weight is 123 g/mol. The Balaban J connectivity index is 2.68. The molecule has 5 heteroatoms. The maximum atomic E-state index is 9.83. The summed E-state index contributed by atoms with van der Waals surface area (Å²) >= 11 is 0. The average Bonchev–Trinajstić information content (AvgIpc) is 1.61. The van der Waals surface area contributed by atoms with Crippen molar-refractivity contribution in [2.24, 2.45) is 0 Å². The molecule has 0 rings (SSSR count). The third kappa shape index (κ3) is 6.27. The van der Waals surface area contributed by atoms with Gasteiger partial charge in [0.15, 0.2) is 0 Å². The van der Waals surface area contributed by atoms with Crippen LogP contribution < -0.4 is 5.48 Å². The molecule has 1 atom stereocenters. The van der Waals surface area contributed by atoms with E-state index < -0.39 is 0 Å². The summed E-state index contributed by atoms with van der Waals surface area (Å²) in [6.45, 7) is 0. The lowest BCUT2D eigenvalue weighted by atomic mass is 11.5. The van der Waals surface area contributed by atoms with Crippen molar-refractivity contribution in [2.75, 3.05) is 13.3 Å². The number of hydroxylamine groups is 3. The van der Waals surface area contributed by atoms with Crippen molar-refractivity contribution in [1.29, 1.82) is 0 Å². The van der Waals surface area contributed by atoms with Crippen molar-refractivity contribution in [2.45, 2.75) is 0 Å². The van der Waals surface area contributed by atoms with Crippen LogP contribution >= 0.6 is 9.24 Å². The molecule has 0 heterocycles. The summed E-state index contributed by atoms with van der Waals surface area (Å²) in [7, 11) is 3.60. The molecular formula is C2H8N2O2P-. The molecule has 0 bridgehead atoms. The third-order valence-electron chi connectivity index (χ3n) is 0.276. The van der Waals surface area contributed by atoms with Gasteiger partial charge in [0, 0.05) is 13.3 Å².